The summed E-state index contributed by atoms with van der Waals surface area (Å²) in [6, 6.07) is 0. The lowest BCUT2D eigenvalue weighted by Crippen LogP contribution is -2.49. The highest BCUT2D eigenvalue weighted by molar-refractivity contribution is 5.68. The fraction of sp³-hybridized carbons (Fsp3) is 0.769. The van der Waals surface area contributed by atoms with Crippen LogP contribution in [0.15, 0.2) is 0 Å². The lowest BCUT2D eigenvalue weighted by Gasteiger charge is -2.36. The quantitative estimate of drug-likeness (QED) is 0.601. The summed E-state index contributed by atoms with van der Waals surface area (Å²) in [5.41, 5.74) is -0.780. The van der Waals surface area contributed by atoms with Gasteiger partial charge in [0.1, 0.15) is 5.60 Å². The maximum absolute atomic E-state index is 12.0. The van der Waals surface area contributed by atoms with Crippen LogP contribution in [0.4, 0.5) is 4.79 Å². The van der Waals surface area contributed by atoms with E-state index in [1.807, 2.05) is 20.8 Å². The van der Waals surface area contributed by atoms with E-state index in [1.165, 1.54) is 0 Å². The third-order valence-electron chi connectivity index (χ3n) is 3.09. The Morgan fingerprint density at radius 3 is 2.88 bits per heavy atom. The summed E-state index contributed by atoms with van der Waals surface area (Å²) in [4.78, 5) is 13.6. The number of hydrogen-bond donors (Lipinski definition) is 0. The number of fused-ring (bicyclic) bond motifs is 2. The van der Waals surface area contributed by atoms with E-state index >= 15 is 0 Å². The molecule has 0 radical (unpaired) electrons. The number of ether oxygens (including phenoxy) is 2. The van der Waals surface area contributed by atoms with E-state index in [4.69, 9.17) is 15.9 Å². The summed E-state index contributed by atoms with van der Waals surface area (Å²) < 4.78 is 10.9. The van der Waals surface area contributed by atoms with Crippen LogP contribution in [-0.2, 0) is 9.47 Å². The average Bonchev–Trinajstić information content (AvgIpc) is 2.52. The molecule has 94 valence electrons. The van der Waals surface area contributed by atoms with Gasteiger partial charge in [-0.1, -0.05) is 5.92 Å². The molecule has 2 aliphatic rings. The molecule has 0 N–H and O–H groups in total. The normalized spacial score (nSPS) is 32.1. The third kappa shape index (κ3) is 2.55. The number of piperidine rings is 1. The molecule has 4 heteroatoms. The lowest BCUT2D eigenvalue weighted by molar-refractivity contribution is 0.00865. The predicted molar refractivity (Wildman–Crippen MR) is 63.4 cm³/mol. The number of nitrogens with zero attached hydrogens (tertiary/aromatic N) is 1. The molecule has 2 rings (SSSR count). The first-order chi connectivity index (χ1) is 7.84. The van der Waals surface area contributed by atoms with E-state index in [0.29, 0.717) is 19.7 Å². The molecule has 2 fully saturated rings. The van der Waals surface area contributed by atoms with Crippen molar-refractivity contribution in [3.8, 4) is 12.3 Å². The molecule has 4 nitrogen and oxygen atoms in total. The number of rotatable bonds is 0. The van der Waals surface area contributed by atoms with Gasteiger partial charge in [-0.05, 0) is 27.2 Å². The van der Waals surface area contributed by atoms with Crippen LogP contribution in [0.2, 0.25) is 0 Å². The van der Waals surface area contributed by atoms with Crippen LogP contribution < -0.4 is 0 Å². The number of terminal acetylenes is 1. The summed E-state index contributed by atoms with van der Waals surface area (Å²) in [6.45, 7) is 7.24. The Hall–Kier alpha value is -1.21. The van der Waals surface area contributed by atoms with Gasteiger partial charge in [0.05, 0.1) is 24.7 Å². The Labute approximate surface area is 102 Å². The van der Waals surface area contributed by atoms with Crippen molar-refractivity contribution < 1.29 is 14.3 Å². The van der Waals surface area contributed by atoms with Gasteiger partial charge >= 0.3 is 6.09 Å². The van der Waals surface area contributed by atoms with Crippen molar-refractivity contribution >= 4 is 6.09 Å². The highest BCUT2D eigenvalue weighted by Gasteiger charge is 2.47. The van der Waals surface area contributed by atoms with E-state index < -0.39 is 5.60 Å². The van der Waals surface area contributed by atoms with Gasteiger partial charge < -0.3 is 14.4 Å². The minimum Gasteiger partial charge on any atom is -0.444 e. The van der Waals surface area contributed by atoms with Crippen LogP contribution in [0.3, 0.4) is 0 Å². The second-order valence-electron chi connectivity index (χ2n) is 5.92. The predicted octanol–water partition coefficient (Wildman–Crippen LogP) is 1.65. The van der Waals surface area contributed by atoms with Gasteiger partial charge in [-0.3, -0.25) is 0 Å². The van der Waals surface area contributed by atoms with Gasteiger partial charge in [-0.15, -0.1) is 6.42 Å². The molecule has 17 heavy (non-hydrogen) atoms. The maximum atomic E-state index is 12.0. The zero-order valence-electron chi connectivity index (χ0n) is 10.7. The first-order valence-electron chi connectivity index (χ1n) is 5.91. The van der Waals surface area contributed by atoms with Gasteiger partial charge in [0, 0.05) is 6.54 Å². The molecule has 1 amide bonds. The van der Waals surface area contributed by atoms with E-state index in [2.05, 4.69) is 5.92 Å². The van der Waals surface area contributed by atoms with Gasteiger partial charge in [0.15, 0.2) is 0 Å². The fourth-order valence-electron chi connectivity index (χ4n) is 2.35. The molecule has 2 heterocycles. The Kier molecular flexibility index (Phi) is 2.82. The van der Waals surface area contributed by atoms with E-state index in [-0.39, 0.29) is 17.6 Å². The minimum absolute atomic E-state index is 0.0623. The van der Waals surface area contributed by atoms with Crippen molar-refractivity contribution in [3.63, 3.8) is 0 Å². The second-order valence-corrected chi connectivity index (χ2v) is 5.92. The van der Waals surface area contributed by atoms with Gasteiger partial charge in [0.25, 0.3) is 0 Å². The van der Waals surface area contributed by atoms with Crippen LogP contribution in [-0.4, -0.2) is 42.4 Å². The summed E-state index contributed by atoms with van der Waals surface area (Å²) in [5, 5.41) is 0. The number of carbonyl (C=O) groups excluding carboxylic acids is 1. The summed E-state index contributed by atoms with van der Waals surface area (Å²) in [6.07, 6.45) is 6.17. The van der Waals surface area contributed by atoms with Crippen LogP contribution in [0.5, 0.6) is 0 Å². The summed E-state index contributed by atoms with van der Waals surface area (Å²) in [5.74, 6) is 2.78. The Balaban J connectivity index is 2.05. The Morgan fingerprint density at radius 1 is 1.59 bits per heavy atom. The maximum Gasteiger partial charge on any atom is 0.410 e. The summed E-state index contributed by atoms with van der Waals surface area (Å²) in [7, 11) is 0. The van der Waals surface area contributed by atoms with Crippen molar-refractivity contribution in [2.45, 2.75) is 38.9 Å². The van der Waals surface area contributed by atoms with Crippen LogP contribution in [0.25, 0.3) is 0 Å². The van der Waals surface area contributed by atoms with Crippen LogP contribution in [0.1, 0.15) is 27.2 Å². The molecule has 0 aliphatic carbocycles. The van der Waals surface area contributed by atoms with Gasteiger partial charge in [-0.25, -0.2) is 4.79 Å². The largest absolute Gasteiger partial charge is 0.444 e. The molecule has 0 spiro atoms. The zero-order chi connectivity index (χ0) is 12.7. The average molecular weight is 237 g/mol. The molecule has 2 atom stereocenters. The zero-order valence-corrected chi connectivity index (χ0v) is 10.7. The first-order valence-corrected chi connectivity index (χ1v) is 5.91. The van der Waals surface area contributed by atoms with Crippen molar-refractivity contribution in [2.24, 2.45) is 5.41 Å². The Morgan fingerprint density at radius 2 is 2.29 bits per heavy atom. The van der Waals surface area contributed by atoms with Crippen molar-refractivity contribution in [1.29, 1.82) is 0 Å². The molecular weight excluding hydrogens is 218 g/mol. The smallest absolute Gasteiger partial charge is 0.410 e. The number of likely N-dealkylation sites (tertiary alicyclic amines) is 1. The molecule has 2 aliphatic heterocycles. The van der Waals surface area contributed by atoms with Crippen molar-refractivity contribution in [2.75, 3.05) is 19.7 Å². The molecule has 0 saturated carbocycles. The monoisotopic (exact) mass is 237 g/mol. The van der Waals surface area contributed by atoms with E-state index in [1.54, 1.807) is 4.90 Å². The molecule has 2 bridgehead atoms. The SMILES string of the molecule is C#CC12COC(CN(C(=O)OC(C)(C)C)C1)C2. The van der Waals surface area contributed by atoms with Gasteiger partial charge in [0.2, 0.25) is 0 Å². The molecular formula is C13H19NO3. The van der Waals surface area contributed by atoms with Crippen LogP contribution in [0, 0.1) is 17.8 Å². The second kappa shape index (κ2) is 3.92. The number of carbonyl (C=O) groups is 1. The topological polar surface area (TPSA) is 38.8 Å². The molecule has 2 saturated heterocycles. The highest BCUT2D eigenvalue weighted by Crippen LogP contribution is 2.37. The molecule has 0 aromatic heterocycles. The standard InChI is InChI=1S/C13H19NO3/c1-5-13-6-10(16-9-13)7-14(8-13)11(15)17-12(2,3)4/h1,10H,6-9H2,2-4H3. The summed E-state index contributed by atoms with van der Waals surface area (Å²) >= 11 is 0. The number of amides is 1. The highest BCUT2D eigenvalue weighted by atomic mass is 16.6. The fourth-order valence-corrected chi connectivity index (χ4v) is 2.35. The lowest BCUT2D eigenvalue weighted by atomic mass is 9.83. The van der Waals surface area contributed by atoms with E-state index in [9.17, 15) is 4.79 Å². The van der Waals surface area contributed by atoms with Crippen LogP contribution >= 0.6 is 0 Å². The molecule has 0 aromatic rings. The third-order valence-corrected chi connectivity index (χ3v) is 3.09. The molecule has 2 unspecified atom stereocenters. The minimum atomic E-state index is -0.474. The Bertz CT molecular complexity index is 366. The molecule has 0 aromatic carbocycles. The van der Waals surface area contributed by atoms with E-state index in [0.717, 1.165) is 6.42 Å². The number of hydrogen-bond acceptors (Lipinski definition) is 3. The van der Waals surface area contributed by atoms with Gasteiger partial charge in [-0.2, -0.15) is 0 Å². The van der Waals surface area contributed by atoms with Crippen molar-refractivity contribution in [1.82, 2.24) is 4.90 Å². The first kappa shape index (κ1) is 12.3. The van der Waals surface area contributed by atoms with Crippen molar-refractivity contribution in [3.05, 3.63) is 0 Å².